The Labute approximate surface area is 102 Å². The molecule has 17 heavy (non-hydrogen) atoms. The molecular formula is C15H20O2. The van der Waals surface area contributed by atoms with Crippen molar-refractivity contribution in [3.63, 3.8) is 0 Å². The molecule has 92 valence electrons. The third-order valence-corrected chi connectivity index (χ3v) is 7.05. The highest BCUT2D eigenvalue weighted by molar-refractivity contribution is 5.74. The molecule has 3 fully saturated rings. The van der Waals surface area contributed by atoms with Crippen LogP contribution < -0.4 is 0 Å². The maximum Gasteiger partial charge on any atom is 0.307 e. The van der Waals surface area contributed by atoms with Crippen molar-refractivity contribution in [2.75, 3.05) is 0 Å². The molecule has 0 aromatic heterocycles. The molecule has 4 rings (SSSR count). The van der Waals surface area contributed by atoms with E-state index in [1.807, 2.05) is 0 Å². The minimum atomic E-state index is -0.548. The minimum Gasteiger partial charge on any atom is -0.481 e. The molecule has 0 bridgehead atoms. The summed E-state index contributed by atoms with van der Waals surface area (Å²) in [7, 11) is 0. The van der Waals surface area contributed by atoms with E-state index >= 15 is 0 Å². The molecule has 0 aromatic carbocycles. The van der Waals surface area contributed by atoms with Gasteiger partial charge in [-0.1, -0.05) is 32.9 Å². The number of carboxylic acid groups (broad SMARTS) is 1. The van der Waals surface area contributed by atoms with Crippen LogP contribution in [0, 0.1) is 39.9 Å². The topological polar surface area (TPSA) is 37.3 Å². The maximum absolute atomic E-state index is 11.6. The SMILES string of the molecule is CC1(C)C2C=C[C@@H]3[C@@]4([C@H](C(=O)O)CC[C@@H]14)[C@]23C. The number of rotatable bonds is 1. The van der Waals surface area contributed by atoms with Gasteiger partial charge in [0.05, 0.1) is 5.92 Å². The van der Waals surface area contributed by atoms with E-state index in [9.17, 15) is 9.90 Å². The van der Waals surface area contributed by atoms with Crippen molar-refractivity contribution < 1.29 is 9.90 Å². The monoisotopic (exact) mass is 232 g/mol. The fourth-order valence-electron chi connectivity index (χ4n) is 6.77. The Hall–Kier alpha value is -0.790. The summed E-state index contributed by atoms with van der Waals surface area (Å²) >= 11 is 0. The summed E-state index contributed by atoms with van der Waals surface area (Å²) in [5.41, 5.74) is 0.672. The molecule has 4 aliphatic rings. The third-order valence-electron chi connectivity index (χ3n) is 7.05. The van der Waals surface area contributed by atoms with E-state index in [1.54, 1.807) is 0 Å². The van der Waals surface area contributed by atoms with Gasteiger partial charge in [0.2, 0.25) is 0 Å². The van der Waals surface area contributed by atoms with Crippen LogP contribution in [0.4, 0.5) is 0 Å². The second kappa shape index (κ2) is 2.34. The van der Waals surface area contributed by atoms with Gasteiger partial charge >= 0.3 is 5.97 Å². The normalized spacial score (nSPS) is 60.2. The van der Waals surface area contributed by atoms with E-state index in [4.69, 9.17) is 0 Å². The van der Waals surface area contributed by atoms with E-state index < -0.39 is 5.97 Å². The molecular weight excluding hydrogens is 212 g/mol. The largest absolute Gasteiger partial charge is 0.481 e. The highest BCUT2D eigenvalue weighted by Gasteiger charge is 2.90. The van der Waals surface area contributed by atoms with Crippen LogP contribution in [0.1, 0.15) is 33.6 Å². The zero-order chi connectivity index (χ0) is 12.2. The highest BCUT2D eigenvalue weighted by atomic mass is 16.4. The lowest BCUT2D eigenvalue weighted by molar-refractivity contribution is -0.144. The van der Waals surface area contributed by atoms with Gasteiger partial charge in [0.25, 0.3) is 0 Å². The second-order valence-corrected chi connectivity index (χ2v) is 7.40. The second-order valence-electron chi connectivity index (χ2n) is 7.40. The number of carbonyl (C=O) groups is 1. The highest BCUT2D eigenvalue weighted by Crippen LogP contribution is 2.93. The molecule has 0 aromatic rings. The van der Waals surface area contributed by atoms with Crippen LogP contribution in [0.15, 0.2) is 12.2 Å². The number of aliphatic carboxylic acids is 1. The summed E-state index contributed by atoms with van der Waals surface area (Å²) in [6.45, 7) is 7.07. The molecule has 6 atom stereocenters. The summed E-state index contributed by atoms with van der Waals surface area (Å²) in [6, 6.07) is 0. The number of allylic oxidation sites excluding steroid dienone is 2. The fraction of sp³-hybridized carbons (Fsp3) is 0.800. The fourth-order valence-corrected chi connectivity index (χ4v) is 6.77. The third kappa shape index (κ3) is 0.686. The summed E-state index contributed by atoms with van der Waals surface area (Å²) < 4.78 is 0. The lowest BCUT2D eigenvalue weighted by Crippen LogP contribution is -2.31. The van der Waals surface area contributed by atoms with Gasteiger partial charge in [-0.05, 0) is 41.4 Å². The Bertz CT molecular complexity index is 464. The van der Waals surface area contributed by atoms with Crippen LogP contribution in [-0.4, -0.2) is 11.1 Å². The molecule has 0 radical (unpaired) electrons. The van der Waals surface area contributed by atoms with Gasteiger partial charge in [-0.2, -0.15) is 0 Å². The van der Waals surface area contributed by atoms with Gasteiger partial charge in [-0.25, -0.2) is 0 Å². The number of carboxylic acids is 1. The summed E-state index contributed by atoms with van der Waals surface area (Å²) in [5.74, 6) is 1.14. The van der Waals surface area contributed by atoms with Gasteiger partial charge in [0.15, 0.2) is 0 Å². The van der Waals surface area contributed by atoms with E-state index in [2.05, 4.69) is 32.9 Å². The van der Waals surface area contributed by atoms with E-state index in [0.717, 1.165) is 12.8 Å². The smallest absolute Gasteiger partial charge is 0.307 e. The molecule has 0 saturated heterocycles. The van der Waals surface area contributed by atoms with E-state index in [-0.39, 0.29) is 16.7 Å². The predicted molar refractivity (Wildman–Crippen MR) is 64.3 cm³/mol. The first kappa shape index (κ1) is 10.2. The van der Waals surface area contributed by atoms with Crippen LogP contribution >= 0.6 is 0 Å². The first-order valence-electron chi connectivity index (χ1n) is 6.80. The average molecular weight is 232 g/mol. The number of hydrogen-bond acceptors (Lipinski definition) is 1. The van der Waals surface area contributed by atoms with Crippen LogP contribution in [0.3, 0.4) is 0 Å². The van der Waals surface area contributed by atoms with Gasteiger partial charge in [-0.3, -0.25) is 4.79 Å². The van der Waals surface area contributed by atoms with Crippen LogP contribution in [0.5, 0.6) is 0 Å². The molecule has 2 nitrogen and oxygen atoms in total. The van der Waals surface area contributed by atoms with Crippen molar-refractivity contribution in [1.29, 1.82) is 0 Å². The van der Waals surface area contributed by atoms with E-state index in [0.29, 0.717) is 23.2 Å². The summed E-state index contributed by atoms with van der Waals surface area (Å²) in [4.78, 5) is 11.6. The zero-order valence-corrected chi connectivity index (χ0v) is 10.7. The molecule has 2 heteroatoms. The van der Waals surface area contributed by atoms with Crippen molar-refractivity contribution in [1.82, 2.24) is 0 Å². The Balaban J connectivity index is 1.92. The van der Waals surface area contributed by atoms with Crippen molar-refractivity contribution in [3.05, 3.63) is 12.2 Å². The summed E-state index contributed by atoms with van der Waals surface area (Å²) in [5, 5.41) is 9.54. The van der Waals surface area contributed by atoms with Crippen LogP contribution in [0.25, 0.3) is 0 Å². The molecule has 3 saturated carbocycles. The standard InChI is InChI=1S/C15H20O2/c1-13(2)9-6-7-11-14(9,3)15(11)8(12(16)17)4-5-10(13)15/h6-11H,4-5H2,1-3H3,(H,16,17)/t8-,9?,10-,11-,14+,15-/m0/s1. The van der Waals surface area contributed by atoms with Gasteiger partial charge in [0.1, 0.15) is 0 Å². The molecule has 0 aliphatic heterocycles. The lowest BCUT2D eigenvalue weighted by Gasteiger charge is -2.35. The molecule has 1 N–H and O–H groups in total. The van der Waals surface area contributed by atoms with Crippen molar-refractivity contribution in [3.8, 4) is 0 Å². The minimum absolute atomic E-state index is 0.0864. The zero-order valence-electron chi connectivity index (χ0n) is 10.7. The molecule has 4 aliphatic carbocycles. The van der Waals surface area contributed by atoms with Crippen LogP contribution in [0.2, 0.25) is 0 Å². The predicted octanol–water partition coefficient (Wildman–Crippen LogP) is 2.95. The first-order valence-corrected chi connectivity index (χ1v) is 6.80. The van der Waals surface area contributed by atoms with Gasteiger partial charge < -0.3 is 5.11 Å². The quantitative estimate of drug-likeness (QED) is 0.706. The van der Waals surface area contributed by atoms with Crippen molar-refractivity contribution in [2.24, 2.45) is 39.9 Å². The Kier molecular flexibility index (Phi) is 1.40. The van der Waals surface area contributed by atoms with Gasteiger partial charge in [0, 0.05) is 5.41 Å². The maximum atomic E-state index is 11.6. The Morgan fingerprint density at radius 1 is 1.18 bits per heavy atom. The van der Waals surface area contributed by atoms with Gasteiger partial charge in [-0.15, -0.1) is 0 Å². The number of hydrogen-bond donors (Lipinski definition) is 1. The lowest BCUT2D eigenvalue weighted by atomic mass is 9.69. The molecule has 0 amide bonds. The summed E-state index contributed by atoms with van der Waals surface area (Å²) in [6.07, 6.45) is 6.74. The van der Waals surface area contributed by atoms with Crippen molar-refractivity contribution >= 4 is 5.97 Å². The Morgan fingerprint density at radius 2 is 1.82 bits per heavy atom. The molecule has 0 heterocycles. The first-order chi connectivity index (χ1) is 7.89. The molecule has 1 unspecified atom stereocenters. The Morgan fingerprint density at radius 3 is 2.47 bits per heavy atom. The van der Waals surface area contributed by atoms with E-state index in [1.165, 1.54) is 0 Å². The van der Waals surface area contributed by atoms with Crippen molar-refractivity contribution in [2.45, 2.75) is 33.6 Å². The average Bonchev–Trinajstić information content (AvgIpc) is 2.56. The molecule has 1 spiro atoms. The van der Waals surface area contributed by atoms with Crippen LogP contribution in [-0.2, 0) is 4.79 Å².